The Bertz CT molecular complexity index is 624. The van der Waals surface area contributed by atoms with Gasteiger partial charge >= 0.3 is 0 Å². The Labute approximate surface area is 118 Å². The lowest BCUT2D eigenvalue weighted by molar-refractivity contribution is 0.416. The Balaban J connectivity index is 2.21. The van der Waals surface area contributed by atoms with Gasteiger partial charge < -0.3 is 10.5 Å². The summed E-state index contributed by atoms with van der Waals surface area (Å²) in [6.07, 6.45) is 2.03. The maximum Gasteiger partial charge on any atom is 0.126 e. The third kappa shape index (κ3) is 2.11. The van der Waals surface area contributed by atoms with Gasteiger partial charge in [0, 0.05) is 16.6 Å². The lowest BCUT2D eigenvalue weighted by atomic mass is 9.96. The highest BCUT2D eigenvalue weighted by molar-refractivity contribution is 6.31. The summed E-state index contributed by atoms with van der Waals surface area (Å²) in [5, 5.41) is 0.718. The van der Waals surface area contributed by atoms with E-state index in [1.165, 1.54) is 16.7 Å². The van der Waals surface area contributed by atoms with Gasteiger partial charge in [-0.05, 0) is 47.7 Å². The van der Waals surface area contributed by atoms with E-state index in [1.54, 1.807) is 7.11 Å². The van der Waals surface area contributed by atoms with Crippen molar-refractivity contribution in [2.75, 3.05) is 7.11 Å². The molecule has 0 radical (unpaired) electrons. The fourth-order valence-corrected chi connectivity index (χ4v) is 3.00. The minimum Gasteiger partial charge on any atom is -0.496 e. The summed E-state index contributed by atoms with van der Waals surface area (Å²) in [5.41, 5.74) is 10.9. The van der Waals surface area contributed by atoms with Crippen molar-refractivity contribution in [2.45, 2.75) is 18.9 Å². The summed E-state index contributed by atoms with van der Waals surface area (Å²) in [6, 6.07) is 12.2. The number of hydrogen-bond acceptors (Lipinski definition) is 2. The molecule has 2 N–H and O–H groups in total. The molecule has 1 unspecified atom stereocenters. The summed E-state index contributed by atoms with van der Waals surface area (Å²) < 4.78 is 5.45. The fourth-order valence-electron chi connectivity index (χ4n) is 2.83. The van der Waals surface area contributed by atoms with Gasteiger partial charge in [-0.15, -0.1) is 0 Å². The van der Waals surface area contributed by atoms with Crippen LogP contribution in [0.15, 0.2) is 36.4 Å². The van der Waals surface area contributed by atoms with E-state index >= 15 is 0 Å². The molecule has 98 valence electrons. The number of halogens is 1. The third-order valence-electron chi connectivity index (χ3n) is 3.77. The van der Waals surface area contributed by atoms with Crippen LogP contribution < -0.4 is 10.5 Å². The molecular formula is C16H16ClNO. The molecule has 0 heterocycles. The van der Waals surface area contributed by atoms with Crippen molar-refractivity contribution in [1.82, 2.24) is 0 Å². The Morgan fingerprint density at radius 1 is 1.21 bits per heavy atom. The highest BCUT2D eigenvalue weighted by Gasteiger charge is 2.23. The predicted molar refractivity (Wildman–Crippen MR) is 78.7 cm³/mol. The van der Waals surface area contributed by atoms with E-state index in [0.717, 1.165) is 29.2 Å². The van der Waals surface area contributed by atoms with Crippen molar-refractivity contribution >= 4 is 11.6 Å². The molecule has 0 saturated carbocycles. The molecule has 0 spiro atoms. The number of methoxy groups -OCH3 is 1. The van der Waals surface area contributed by atoms with Crippen molar-refractivity contribution < 1.29 is 4.74 Å². The Kier molecular flexibility index (Phi) is 3.21. The van der Waals surface area contributed by atoms with Gasteiger partial charge in [0.15, 0.2) is 0 Å². The maximum atomic E-state index is 6.14. The Hall–Kier alpha value is -1.51. The van der Waals surface area contributed by atoms with E-state index in [4.69, 9.17) is 22.1 Å². The van der Waals surface area contributed by atoms with Crippen LogP contribution in [-0.4, -0.2) is 7.11 Å². The van der Waals surface area contributed by atoms with Crippen molar-refractivity contribution in [3.63, 3.8) is 0 Å². The Morgan fingerprint density at radius 2 is 2.05 bits per heavy atom. The molecule has 2 nitrogen and oxygen atoms in total. The molecule has 0 fully saturated rings. The van der Waals surface area contributed by atoms with Crippen LogP contribution in [0.3, 0.4) is 0 Å². The first-order valence-corrected chi connectivity index (χ1v) is 6.80. The number of ether oxygens (including phenoxy) is 1. The van der Waals surface area contributed by atoms with Gasteiger partial charge in [-0.1, -0.05) is 29.8 Å². The lowest BCUT2D eigenvalue weighted by Crippen LogP contribution is -2.05. The van der Waals surface area contributed by atoms with Crippen LogP contribution in [-0.2, 0) is 6.42 Å². The molecule has 1 aliphatic carbocycles. The molecule has 3 heteroatoms. The smallest absolute Gasteiger partial charge is 0.126 e. The van der Waals surface area contributed by atoms with Crippen LogP contribution >= 0.6 is 11.6 Å². The van der Waals surface area contributed by atoms with Crippen LogP contribution in [0.2, 0.25) is 5.02 Å². The molecule has 2 aromatic carbocycles. The first-order chi connectivity index (χ1) is 9.20. The van der Waals surface area contributed by atoms with E-state index in [-0.39, 0.29) is 6.04 Å². The molecule has 0 aliphatic heterocycles. The summed E-state index contributed by atoms with van der Waals surface area (Å²) in [5.74, 6) is 0.846. The number of rotatable bonds is 2. The SMILES string of the molecule is COc1ccc(Cl)cc1-c1cccc2c1CCC2N. The Morgan fingerprint density at radius 3 is 2.84 bits per heavy atom. The van der Waals surface area contributed by atoms with Crippen LogP contribution in [0, 0.1) is 0 Å². The lowest BCUT2D eigenvalue weighted by Gasteiger charge is -2.13. The molecular weight excluding hydrogens is 258 g/mol. The monoisotopic (exact) mass is 273 g/mol. The summed E-state index contributed by atoms with van der Waals surface area (Å²) >= 11 is 6.12. The third-order valence-corrected chi connectivity index (χ3v) is 4.00. The van der Waals surface area contributed by atoms with Crippen molar-refractivity contribution in [2.24, 2.45) is 5.73 Å². The zero-order valence-corrected chi connectivity index (χ0v) is 11.6. The highest BCUT2D eigenvalue weighted by Crippen LogP contribution is 2.40. The molecule has 19 heavy (non-hydrogen) atoms. The van der Waals surface area contributed by atoms with E-state index in [1.807, 2.05) is 18.2 Å². The molecule has 3 rings (SSSR count). The number of benzene rings is 2. The van der Waals surface area contributed by atoms with Gasteiger partial charge in [-0.3, -0.25) is 0 Å². The molecule has 0 aromatic heterocycles. The summed E-state index contributed by atoms with van der Waals surface area (Å²) in [7, 11) is 1.68. The van der Waals surface area contributed by atoms with Crippen LogP contribution in [0.5, 0.6) is 5.75 Å². The topological polar surface area (TPSA) is 35.2 Å². The average molecular weight is 274 g/mol. The zero-order valence-electron chi connectivity index (χ0n) is 10.8. The van der Waals surface area contributed by atoms with E-state index in [0.29, 0.717) is 0 Å². The quantitative estimate of drug-likeness (QED) is 0.899. The van der Waals surface area contributed by atoms with Gasteiger partial charge in [-0.25, -0.2) is 0 Å². The molecule has 1 atom stereocenters. The van der Waals surface area contributed by atoms with Gasteiger partial charge in [-0.2, -0.15) is 0 Å². The second kappa shape index (κ2) is 4.87. The van der Waals surface area contributed by atoms with Crippen molar-refractivity contribution in [3.05, 3.63) is 52.5 Å². The number of nitrogens with two attached hydrogens (primary N) is 1. The normalized spacial score (nSPS) is 17.3. The van der Waals surface area contributed by atoms with Gasteiger partial charge in [0.1, 0.15) is 5.75 Å². The van der Waals surface area contributed by atoms with Gasteiger partial charge in [0.05, 0.1) is 7.11 Å². The van der Waals surface area contributed by atoms with E-state index in [2.05, 4.69) is 18.2 Å². The molecule has 2 aromatic rings. The van der Waals surface area contributed by atoms with Crippen LogP contribution in [0.1, 0.15) is 23.6 Å². The second-order valence-electron chi connectivity index (χ2n) is 4.86. The summed E-state index contributed by atoms with van der Waals surface area (Å²) in [6.45, 7) is 0. The van der Waals surface area contributed by atoms with Crippen LogP contribution in [0.4, 0.5) is 0 Å². The van der Waals surface area contributed by atoms with Gasteiger partial charge in [0.25, 0.3) is 0 Å². The first kappa shape index (κ1) is 12.5. The van der Waals surface area contributed by atoms with Gasteiger partial charge in [0.2, 0.25) is 0 Å². The molecule has 0 saturated heterocycles. The van der Waals surface area contributed by atoms with Crippen LogP contribution in [0.25, 0.3) is 11.1 Å². The second-order valence-corrected chi connectivity index (χ2v) is 5.30. The van der Waals surface area contributed by atoms with Crippen molar-refractivity contribution in [3.8, 4) is 16.9 Å². The predicted octanol–water partition coefficient (Wildman–Crippen LogP) is 3.96. The maximum absolute atomic E-state index is 6.14. The molecule has 0 bridgehead atoms. The van der Waals surface area contributed by atoms with E-state index < -0.39 is 0 Å². The largest absolute Gasteiger partial charge is 0.496 e. The molecule has 0 amide bonds. The number of fused-ring (bicyclic) bond motifs is 1. The first-order valence-electron chi connectivity index (χ1n) is 6.42. The fraction of sp³-hybridized carbons (Fsp3) is 0.250. The average Bonchev–Trinajstić information content (AvgIpc) is 2.81. The van der Waals surface area contributed by atoms with Crippen molar-refractivity contribution in [1.29, 1.82) is 0 Å². The zero-order chi connectivity index (χ0) is 13.4. The number of hydrogen-bond donors (Lipinski definition) is 1. The highest BCUT2D eigenvalue weighted by atomic mass is 35.5. The standard InChI is InChI=1S/C16H16ClNO/c1-19-16-8-5-10(17)9-14(16)11-3-2-4-13-12(11)6-7-15(13)18/h2-5,8-9,15H,6-7,18H2,1H3. The minimum absolute atomic E-state index is 0.153. The molecule has 1 aliphatic rings. The van der Waals surface area contributed by atoms with E-state index in [9.17, 15) is 0 Å². The summed E-state index contributed by atoms with van der Waals surface area (Å²) in [4.78, 5) is 0. The minimum atomic E-state index is 0.153.